The molecular formula is C29H22IN3O2. The van der Waals surface area contributed by atoms with Gasteiger partial charge in [-0.2, -0.15) is 5.26 Å². The first-order valence-electron chi connectivity index (χ1n) is 11.1. The Morgan fingerprint density at radius 2 is 1.86 bits per heavy atom. The third kappa shape index (κ3) is 4.86. The van der Waals surface area contributed by atoms with E-state index in [1.807, 2.05) is 65.2 Å². The van der Waals surface area contributed by atoms with Crippen molar-refractivity contribution in [2.24, 2.45) is 0 Å². The zero-order valence-electron chi connectivity index (χ0n) is 19.1. The molecule has 0 saturated carbocycles. The molecule has 35 heavy (non-hydrogen) atoms. The van der Waals surface area contributed by atoms with Crippen LogP contribution in [0.15, 0.2) is 90.8 Å². The molecule has 0 spiro atoms. The fourth-order valence-electron chi connectivity index (χ4n) is 4.17. The monoisotopic (exact) mass is 571 g/mol. The molecule has 4 aromatic carbocycles. The Labute approximate surface area is 217 Å². The summed E-state index contributed by atoms with van der Waals surface area (Å²) in [5.41, 5.74) is 4.52. The molecule has 1 aromatic heterocycles. The lowest BCUT2D eigenvalue weighted by Gasteiger charge is -2.15. The highest BCUT2D eigenvalue weighted by atomic mass is 127. The SMILES string of the molecule is COc1cc(/C=C(/C#N)Cn2cnc3ccccc32)cc(I)c1OCc1cccc2ccccc12. The molecule has 0 fully saturated rings. The van der Waals surface area contributed by atoms with E-state index in [1.165, 1.54) is 10.8 Å². The number of aromatic nitrogens is 2. The van der Waals surface area contributed by atoms with Crippen LogP contribution in [0.2, 0.25) is 0 Å². The number of para-hydroxylation sites is 2. The van der Waals surface area contributed by atoms with Crippen LogP contribution in [0.4, 0.5) is 0 Å². The lowest BCUT2D eigenvalue weighted by Crippen LogP contribution is -2.01. The highest BCUT2D eigenvalue weighted by Crippen LogP contribution is 2.35. The Morgan fingerprint density at radius 1 is 1.06 bits per heavy atom. The molecule has 0 aliphatic rings. The van der Waals surface area contributed by atoms with E-state index in [9.17, 15) is 5.26 Å². The summed E-state index contributed by atoms with van der Waals surface area (Å²) in [5, 5.41) is 12.2. The quantitative estimate of drug-likeness (QED) is 0.156. The van der Waals surface area contributed by atoms with E-state index in [1.54, 1.807) is 13.4 Å². The van der Waals surface area contributed by atoms with Crippen molar-refractivity contribution in [3.63, 3.8) is 0 Å². The average molecular weight is 571 g/mol. The number of halogens is 1. The van der Waals surface area contributed by atoms with Crippen LogP contribution in [-0.2, 0) is 13.2 Å². The van der Waals surface area contributed by atoms with Gasteiger partial charge in [0.25, 0.3) is 0 Å². The van der Waals surface area contributed by atoms with Crippen LogP contribution < -0.4 is 9.47 Å². The maximum absolute atomic E-state index is 9.80. The molecule has 0 aliphatic carbocycles. The van der Waals surface area contributed by atoms with E-state index in [-0.39, 0.29) is 0 Å². The fraction of sp³-hybridized carbons (Fsp3) is 0.103. The minimum Gasteiger partial charge on any atom is -0.493 e. The normalized spacial score (nSPS) is 11.5. The van der Waals surface area contributed by atoms with Crippen LogP contribution in [-0.4, -0.2) is 16.7 Å². The summed E-state index contributed by atoms with van der Waals surface area (Å²) < 4.78 is 14.8. The molecule has 0 amide bonds. The number of methoxy groups -OCH3 is 1. The Kier molecular flexibility index (Phi) is 6.68. The molecule has 5 rings (SSSR count). The predicted octanol–water partition coefficient (Wildman–Crippen LogP) is 6.99. The molecule has 172 valence electrons. The Hall–Kier alpha value is -3.83. The Balaban J connectivity index is 1.40. The summed E-state index contributed by atoms with van der Waals surface area (Å²) in [6.07, 6.45) is 3.65. The number of nitrogens with zero attached hydrogens (tertiary/aromatic N) is 3. The van der Waals surface area contributed by atoms with Crippen molar-refractivity contribution in [3.8, 4) is 17.6 Å². The van der Waals surface area contributed by atoms with Gasteiger partial charge in [0.05, 0.1) is 40.7 Å². The first-order chi connectivity index (χ1) is 17.2. The van der Waals surface area contributed by atoms with Gasteiger partial charge in [0.1, 0.15) is 6.61 Å². The Bertz CT molecular complexity index is 1590. The molecule has 0 unspecified atom stereocenters. The van der Waals surface area contributed by atoms with Gasteiger partial charge in [-0.15, -0.1) is 0 Å². The van der Waals surface area contributed by atoms with Crippen molar-refractivity contribution >= 4 is 50.5 Å². The minimum absolute atomic E-state index is 0.431. The molecule has 0 saturated heterocycles. The largest absolute Gasteiger partial charge is 0.493 e. The van der Waals surface area contributed by atoms with E-state index in [0.29, 0.717) is 30.2 Å². The molecule has 5 nitrogen and oxygen atoms in total. The number of nitriles is 1. The molecular weight excluding hydrogens is 549 g/mol. The van der Waals surface area contributed by atoms with Crippen molar-refractivity contribution in [2.75, 3.05) is 7.11 Å². The first-order valence-corrected chi connectivity index (χ1v) is 12.2. The summed E-state index contributed by atoms with van der Waals surface area (Å²) in [6, 6.07) is 28.7. The van der Waals surface area contributed by atoms with Gasteiger partial charge in [-0.1, -0.05) is 54.6 Å². The maximum Gasteiger partial charge on any atom is 0.174 e. The molecule has 1 heterocycles. The number of benzene rings is 4. The zero-order valence-corrected chi connectivity index (χ0v) is 21.3. The zero-order chi connectivity index (χ0) is 24.2. The highest BCUT2D eigenvalue weighted by Gasteiger charge is 2.13. The third-order valence-corrected chi connectivity index (χ3v) is 6.66. The third-order valence-electron chi connectivity index (χ3n) is 5.86. The summed E-state index contributed by atoms with van der Waals surface area (Å²) in [6.45, 7) is 0.870. The Morgan fingerprint density at radius 3 is 2.71 bits per heavy atom. The van der Waals surface area contributed by atoms with Crippen molar-refractivity contribution in [3.05, 3.63) is 105 Å². The van der Waals surface area contributed by atoms with E-state index in [4.69, 9.17) is 9.47 Å². The van der Waals surface area contributed by atoms with E-state index in [2.05, 4.69) is 57.9 Å². The number of hydrogen-bond donors (Lipinski definition) is 0. The standard InChI is InChI=1S/C29H22IN3O2/c1-34-28-15-20(13-21(16-31)17-33-19-32-26-11-4-5-12-27(26)33)14-25(30)29(28)35-18-23-9-6-8-22-7-2-3-10-24(22)23/h2-15,19H,17-18H2,1H3/b21-13-. The number of rotatable bonds is 7. The second-order valence-corrected chi connectivity index (χ2v) is 9.27. The van der Waals surface area contributed by atoms with Gasteiger partial charge in [0.2, 0.25) is 0 Å². The number of ether oxygens (including phenoxy) is 2. The topological polar surface area (TPSA) is 60.1 Å². The van der Waals surface area contributed by atoms with Crippen molar-refractivity contribution in [1.82, 2.24) is 9.55 Å². The van der Waals surface area contributed by atoms with Gasteiger partial charge in [-0.05, 0) is 74.8 Å². The number of imidazole rings is 1. The van der Waals surface area contributed by atoms with Crippen LogP contribution in [0.1, 0.15) is 11.1 Å². The lowest BCUT2D eigenvalue weighted by atomic mass is 10.1. The number of hydrogen-bond acceptors (Lipinski definition) is 4. The second kappa shape index (κ2) is 10.2. The van der Waals surface area contributed by atoms with Gasteiger partial charge in [0, 0.05) is 5.57 Å². The van der Waals surface area contributed by atoms with Gasteiger partial charge in [0.15, 0.2) is 11.5 Å². The van der Waals surface area contributed by atoms with Gasteiger partial charge in [-0.3, -0.25) is 0 Å². The molecule has 6 heteroatoms. The van der Waals surface area contributed by atoms with Crippen LogP contribution in [0.25, 0.3) is 27.9 Å². The van der Waals surface area contributed by atoms with Gasteiger partial charge >= 0.3 is 0 Å². The van der Waals surface area contributed by atoms with E-state index >= 15 is 0 Å². The van der Waals surface area contributed by atoms with Crippen LogP contribution in [0.5, 0.6) is 11.5 Å². The van der Waals surface area contributed by atoms with E-state index < -0.39 is 0 Å². The summed E-state index contributed by atoms with van der Waals surface area (Å²) in [7, 11) is 1.63. The van der Waals surface area contributed by atoms with Crippen LogP contribution in [0, 0.1) is 14.9 Å². The van der Waals surface area contributed by atoms with Crippen molar-refractivity contribution in [1.29, 1.82) is 5.26 Å². The molecule has 0 radical (unpaired) electrons. The van der Waals surface area contributed by atoms with E-state index in [0.717, 1.165) is 25.7 Å². The van der Waals surface area contributed by atoms with Crippen molar-refractivity contribution < 1.29 is 9.47 Å². The second-order valence-electron chi connectivity index (χ2n) is 8.10. The summed E-state index contributed by atoms with van der Waals surface area (Å²) >= 11 is 2.26. The molecule has 0 aliphatic heterocycles. The fourth-order valence-corrected chi connectivity index (χ4v) is 4.95. The summed E-state index contributed by atoms with van der Waals surface area (Å²) in [5.74, 6) is 1.33. The smallest absolute Gasteiger partial charge is 0.174 e. The first kappa shape index (κ1) is 22.9. The molecule has 0 bridgehead atoms. The maximum atomic E-state index is 9.80. The predicted molar refractivity (Wildman–Crippen MR) is 147 cm³/mol. The van der Waals surface area contributed by atoms with Crippen molar-refractivity contribution in [2.45, 2.75) is 13.2 Å². The molecule has 5 aromatic rings. The summed E-state index contributed by atoms with van der Waals surface area (Å²) in [4.78, 5) is 4.42. The lowest BCUT2D eigenvalue weighted by molar-refractivity contribution is 0.283. The molecule has 0 atom stereocenters. The van der Waals surface area contributed by atoms with Crippen LogP contribution in [0.3, 0.4) is 0 Å². The van der Waals surface area contributed by atoms with Crippen LogP contribution >= 0.6 is 22.6 Å². The number of allylic oxidation sites excluding steroid dienone is 1. The minimum atomic E-state index is 0.431. The van der Waals surface area contributed by atoms with Gasteiger partial charge in [-0.25, -0.2) is 4.98 Å². The van der Waals surface area contributed by atoms with Gasteiger partial charge < -0.3 is 14.0 Å². The highest BCUT2D eigenvalue weighted by molar-refractivity contribution is 14.1. The average Bonchev–Trinajstić information content (AvgIpc) is 3.30. The molecule has 0 N–H and O–H groups in total. The number of fused-ring (bicyclic) bond motifs is 2.